The lowest BCUT2D eigenvalue weighted by molar-refractivity contribution is 0.0997. The first-order chi connectivity index (χ1) is 15.5. The van der Waals surface area contributed by atoms with Crippen molar-refractivity contribution in [2.45, 2.75) is 6.92 Å². The number of anilines is 1. The van der Waals surface area contributed by atoms with Gasteiger partial charge < -0.3 is 9.73 Å². The molecule has 158 valence electrons. The minimum Gasteiger partial charge on any atom is -0.451 e. The van der Waals surface area contributed by atoms with Gasteiger partial charge in [0.25, 0.3) is 5.91 Å². The fraction of sp³-hybridized carbons (Fsp3) is 0.0417. The lowest BCUT2D eigenvalue weighted by Crippen LogP contribution is -2.10. The second-order valence-electron chi connectivity index (χ2n) is 7.27. The highest BCUT2D eigenvalue weighted by Gasteiger charge is 2.15. The van der Waals surface area contributed by atoms with Crippen LogP contribution in [0.4, 0.5) is 5.69 Å². The van der Waals surface area contributed by atoms with Crippen LogP contribution >= 0.6 is 23.2 Å². The average molecular weight is 463 g/mol. The molecule has 0 atom stereocenters. The summed E-state index contributed by atoms with van der Waals surface area (Å²) in [4.78, 5) is 14.3. The maximum Gasteiger partial charge on any atom is 0.291 e. The molecule has 0 aliphatic carbocycles. The Hall–Kier alpha value is -3.61. The van der Waals surface area contributed by atoms with E-state index >= 15 is 0 Å². The standard InChI is InChI=1S/C24H16Cl2N4O2/c1-14-2-6-17(7-3-14)30-28-20-9-5-16(13-21(20)29-30)27-24(31)23-11-10-22(32-23)18-8-4-15(25)12-19(18)26/h2-13H,1H3,(H,27,31). The molecule has 0 unspecified atom stereocenters. The third-order valence-corrected chi connectivity index (χ3v) is 5.48. The molecule has 8 heteroatoms. The van der Waals surface area contributed by atoms with Gasteiger partial charge in [0.1, 0.15) is 16.8 Å². The molecular formula is C24H16Cl2N4O2. The second kappa shape index (κ2) is 8.15. The van der Waals surface area contributed by atoms with Crippen molar-refractivity contribution >= 4 is 45.8 Å². The number of benzene rings is 3. The van der Waals surface area contributed by atoms with Crippen LogP contribution < -0.4 is 5.32 Å². The number of aromatic nitrogens is 3. The second-order valence-corrected chi connectivity index (χ2v) is 8.11. The molecule has 1 N–H and O–H groups in total. The van der Waals surface area contributed by atoms with Crippen molar-refractivity contribution in [1.29, 1.82) is 0 Å². The van der Waals surface area contributed by atoms with Crippen LogP contribution in [0.5, 0.6) is 0 Å². The van der Waals surface area contributed by atoms with Crippen molar-refractivity contribution in [2.75, 3.05) is 5.32 Å². The zero-order chi connectivity index (χ0) is 22.2. The van der Waals surface area contributed by atoms with Crippen LogP contribution in [0, 0.1) is 6.92 Å². The molecule has 6 nitrogen and oxygen atoms in total. The largest absolute Gasteiger partial charge is 0.451 e. The van der Waals surface area contributed by atoms with E-state index in [4.69, 9.17) is 27.6 Å². The van der Waals surface area contributed by atoms with Gasteiger partial charge in [-0.1, -0.05) is 40.9 Å². The quantitative estimate of drug-likeness (QED) is 0.328. The summed E-state index contributed by atoms with van der Waals surface area (Å²) in [5.41, 5.74) is 4.65. The number of nitrogens with zero attached hydrogens (tertiary/aromatic N) is 3. The monoisotopic (exact) mass is 462 g/mol. The van der Waals surface area contributed by atoms with Gasteiger partial charge in [0.15, 0.2) is 5.76 Å². The Bertz CT molecular complexity index is 1450. The van der Waals surface area contributed by atoms with Gasteiger partial charge in [0.05, 0.1) is 10.7 Å². The number of carbonyl (C=O) groups is 1. The summed E-state index contributed by atoms with van der Waals surface area (Å²) in [5.74, 6) is 0.259. The smallest absolute Gasteiger partial charge is 0.291 e. The molecule has 32 heavy (non-hydrogen) atoms. The normalized spacial score (nSPS) is 11.1. The molecule has 0 radical (unpaired) electrons. The van der Waals surface area contributed by atoms with Gasteiger partial charge in [-0.05, 0) is 67.6 Å². The number of nitrogens with one attached hydrogen (secondary N) is 1. The van der Waals surface area contributed by atoms with Crippen LogP contribution in [0.25, 0.3) is 28.0 Å². The number of halogens is 2. The van der Waals surface area contributed by atoms with Gasteiger partial charge in [-0.3, -0.25) is 4.79 Å². The molecule has 2 heterocycles. The first-order valence-electron chi connectivity index (χ1n) is 9.77. The van der Waals surface area contributed by atoms with E-state index in [1.807, 2.05) is 37.3 Å². The minimum atomic E-state index is -0.383. The van der Waals surface area contributed by atoms with Crippen molar-refractivity contribution in [3.63, 3.8) is 0 Å². The molecule has 5 aromatic rings. The number of carbonyl (C=O) groups excluding carboxylic acids is 1. The summed E-state index contributed by atoms with van der Waals surface area (Å²) >= 11 is 12.2. The highest BCUT2D eigenvalue weighted by molar-refractivity contribution is 6.36. The Balaban J connectivity index is 1.37. The maximum atomic E-state index is 12.7. The number of hydrogen-bond acceptors (Lipinski definition) is 4. The van der Waals surface area contributed by atoms with E-state index < -0.39 is 0 Å². The first kappa shape index (κ1) is 20.3. The first-order valence-corrected chi connectivity index (χ1v) is 10.5. The third-order valence-electron chi connectivity index (χ3n) is 4.93. The van der Waals surface area contributed by atoms with E-state index in [2.05, 4.69) is 15.5 Å². The molecule has 0 saturated carbocycles. The Morgan fingerprint density at radius 2 is 1.69 bits per heavy atom. The molecule has 5 rings (SSSR count). The summed E-state index contributed by atoms with van der Waals surface area (Å²) in [6, 6.07) is 21.6. The highest BCUT2D eigenvalue weighted by Crippen LogP contribution is 2.31. The van der Waals surface area contributed by atoms with Crippen LogP contribution in [-0.4, -0.2) is 20.9 Å². The number of rotatable bonds is 4. The lowest BCUT2D eigenvalue weighted by Gasteiger charge is -2.03. The van der Waals surface area contributed by atoms with Crippen LogP contribution in [-0.2, 0) is 0 Å². The third kappa shape index (κ3) is 3.98. The molecule has 0 bridgehead atoms. The maximum absolute atomic E-state index is 12.7. The zero-order valence-corrected chi connectivity index (χ0v) is 18.4. The Labute approximate surface area is 193 Å². The van der Waals surface area contributed by atoms with E-state index in [0.717, 1.165) is 16.8 Å². The molecule has 0 spiro atoms. The average Bonchev–Trinajstić information content (AvgIpc) is 3.41. The SMILES string of the molecule is Cc1ccc(-n2nc3ccc(NC(=O)c4ccc(-c5ccc(Cl)cc5Cl)o4)cc3n2)cc1. The summed E-state index contributed by atoms with van der Waals surface area (Å²) in [7, 11) is 0. The van der Waals surface area contributed by atoms with Crippen LogP contribution in [0.2, 0.25) is 10.0 Å². The lowest BCUT2D eigenvalue weighted by atomic mass is 10.2. The highest BCUT2D eigenvalue weighted by atomic mass is 35.5. The summed E-state index contributed by atoms with van der Waals surface area (Å²) < 4.78 is 5.71. The van der Waals surface area contributed by atoms with Crippen molar-refractivity contribution in [3.05, 3.63) is 94.2 Å². The molecule has 1 amide bonds. The molecule has 0 aliphatic rings. The molecule has 0 fully saturated rings. The number of furan rings is 1. The van der Waals surface area contributed by atoms with Crippen LogP contribution in [0.3, 0.4) is 0 Å². The fourth-order valence-electron chi connectivity index (χ4n) is 3.27. The van der Waals surface area contributed by atoms with E-state index in [9.17, 15) is 4.79 Å². The van der Waals surface area contributed by atoms with E-state index in [0.29, 0.717) is 32.6 Å². The predicted molar refractivity (Wildman–Crippen MR) is 126 cm³/mol. The van der Waals surface area contributed by atoms with E-state index in [1.165, 1.54) is 0 Å². The molecule has 0 aliphatic heterocycles. The molecular weight excluding hydrogens is 447 g/mol. The summed E-state index contributed by atoms with van der Waals surface area (Å²) in [6.07, 6.45) is 0. The van der Waals surface area contributed by atoms with Gasteiger partial charge in [-0.25, -0.2) is 0 Å². The van der Waals surface area contributed by atoms with Gasteiger partial charge in [-0.2, -0.15) is 4.80 Å². The molecule has 3 aromatic carbocycles. The zero-order valence-electron chi connectivity index (χ0n) is 16.8. The topological polar surface area (TPSA) is 73.0 Å². The predicted octanol–water partition coefficient (Wildman–Crippen LogP) is 6.55. The Morgan fingerprint density at radius 1 is 0.906 bits per heavy atom. The van der Waals surface area contributed by atoms with Crippen molar-refractivity contribution in [3.8, 4) is 17.0 Å². The van der Waals surface area contributed by atoms with Gasteiger partial charge in [-0.15, -0.1) is 10.2 Å². The van der Waals surface area contributed by atoms with Crippen molar-refractivity contribution < 1.29 is 9.21 Å². The number of hydrogen-bond donors (Lipinski definition) is 1. The molecule has 0 saturated heterocycles. The fourth-order valence-corrected chi connectivity index (χ4v) is 3.77. The van der Waals surface area contributed by atoms with Gasteiger partial charge in [0.2, 0.25) is 0 Å². The Morgan fingerprint density at radius 3 is 2.47 bits per heavy atom. The summed E-state index contributed by atoms with van der Waals surface area (Å²) in [6.45, 7) is 2.03. The van der Waals surface area contributed by atoms with Crippen molar-refractivity contribution in [2.24, 2.45) is 0 Å². The van der Waals surface area contributed by atoms with Crippen LogP contribution in [0.1, 0.15) is 16.1 Å². The summed E-state index contributed by atoms with van der Waals surface area (Å²) in [5, 5.41) is 12.8. The van der Waals surface area contributed by atoms with E-state index in [1.54, 1.807) is 47.3 Å². The number of aryl methyl sites for hydroxylation is 1. The molecule has 2 aromatic heterocycles. The minimum absolute atomic E-state index is 0.162. The number of amides is 1. The van der Waals surface area contributed by atoms with Crippen LogP contribution in [0.15, 0.2) is 77.2 Å². The van der Waals surface area contributed by atoms with E-state index in [-0.39, 0.29) is 11.7 Å². The Kier molecular flexibility index (Phi) is 5.17. The van der Waals surface area contributed by atoms with Crippen molar-refractivity contribution in [1.82, 2.24) is 15.0 Å². The van der Waals surface area contributed by atoms with Gasteiger partial charge >= 0.3 is 0 Å². The van der Waals surface area contributed by atoms with Gasteiger partial charge in [0, 0.05) is 16.3 Å². The number of fused-ring (bicyclic) bond motifs is 1.